The van der Waals surface area contributed by atoms with E-state index in [4.69, 9.17) is 9.47 Å². The van der Waals surface area contributed by atoms with Crippen LogP contribution in [0.2, 0.25) is 0 Å². The van der Waals surface area contributed by atoms with Gasteiger partial charge in [-0.2, -0.15) is 28.8 Å². The van der Waals surface area contributed by atoms with Crippen LogP contribution in [0.25, 0.3) is 5.57 Å². The molecule has 30 heavy (non-hydrogen) atoms. The molecule has 0 aliphatic heterocycles. The maximum atomic E-state index is 5.72. The van der Waals surface area contributed by atoms with Gasteiger partial charge in [0.05, 0.1) is 14.2 Å². The van der Waals surface area contributed by atoms with Gasteiger partial charge in [-0.15, -0.1) is 11.6 Å². The topological polar surface area (TPSA) is 18.5 Å². The van der Waals surface area contributed by atoms with E-state index in [0.29, 0.717) is 11.8 Å². The molecule has 0 saturated carbocycles. The molecule has 1 aromatic carbocycles. The van der Waals surface area contributed by atoms with E-state index >= 15 is 0 Å². The second-order valence-electron chi connectivity index (χ2n) is 6.55. The van der Waals surface area contributed by atoms with E-state index in [0.717, 1.165) is 37.2 Å². The number of rotatable bonds is 3. The predicted molar refractivity (Wildman–Crippen MR) is 118 cm³/mol. The number of hydrogen-bond donors (Lipinski definition) is 0. The van der Waals surface area contributed by atoms with Gasteiger partial charge >= 0.3 is 0 Å². The Balaban J connectivity index is 0.00000133. The predicted octanol–water partition coefficient (Wildman–Crippen LogP) is 6.51. The van der Waals surface area contributed by atoms with E-state index < -0.39 is 0 Å². The molecule has 4 rings (SSSR count). The van der Waals surface area contributed by atoms with E-state index in [-0.39, 0.29) is 65.4 Å². The fourth-order valence-corrected chi connectivity index (χ4v) is 4.13. The molecule has 3 aliphatic carbocycles. The zero-order valence-corrected chi connectivity index (χ0v) is 25.1. The van der Waals surface area contributed by atoms with Crippen LogP contribution in [0.4, 0.5) is 0 Å². The minimum absolute atomic E-state index is 0. The number of methoxy groups -OCH3 is 2. The molecule has 2 radical (unpaired) electrons. The van der Waals surface area contributed by atoms with Crippen molar-refractivity contribution in [3.8, 4) is 5.75 Å². The Hall–Kier alpha value is -0.0122. The molecule has 0 amide bonds. The number of fused-ring (bicyclic) bond motifs is 2. The first-order valence-electron chi connectivity index (χ1n) is 10.6. The third-order valence-electron chi connectivity index (χ3n) is 5.32. The minimum Gasteiger partial charge on any atom is -0.535 e. The minimum atomic E-state index is 0. The van der Waals surface area contributed by atoms with Crippen molar-refractivity contribution in [1.29, 1.82) is 0 Å². The van der Waals surface area contributed by atoms with Gasteiger partial charge in [0.25, 0.3) is 0 Å². The summed E-state index contributed by atoms with van der Waals surface area (Å²) in [4.78, 5) is 0. The molecule has 0 aromatic heterocycles. The third kappa shape index (κ3) is 6.50. The van der Waals surface area contributed by atoms with Gasteiger partial charge in [-0.05, 0) is 30.9 Å². The average Bonchev–Trinajstić information content (AvgIpc) is 2.80. The van der Waals surface area contributed by atoms with Crippen molar-refractivity contribution in [2.75, 3.05) is 14.2 Å². The molecular weight excluding hydrogens is 522 g/mol. The van der Waals surface area contributed by atoms with Crippen molar-refractivity contribution in [3.63, 3.8) is 0 Å². The molecule has 0 N–H and O–H groups in total. The van der Waals surface area contributed by atoms with Gasteiger partial charge in [0.1, 0.15) is 0 Å². The second kappa shape index (κ2) is 15.7. The van der Waals surface area contributed by atoms with E-state index in [2.05, 4.69) is 48.6 Å². The summed E-state index contributed by atoms with van der Waals surface area (Å²) >= 11 is 0. The van der Waals surface area contributed by atoms with Crippen LogP contribution in [0.5, 0.6) is 5.75 Å². The first-order chi connectivity index (χ1) is 13.8. The van der Waals surface area contributed by atoms with Crippen LogP contribution in [0.15, 0.2) is 42.2 Å². The Morgan fingerprint density at radius 3 is 2.20 bits per heavy atom. The van der Waals surface area contributed by atoms with Crippen LogP contribution in [0.1, 0.15) is 57.2 Å². The Kier molecular flexibility index (Phi) is 15.7. The quantitative estimate of drug-likeness (QED) is 0.312. The molecule has 0 saturated heterocycles. The second-order valence-corrected chi connectivity index (χ2v) is 6.55. The van der Waals surface area contributed by atoms with Crippen LogP contribution in [-0.2, 0) is 83.0 Å². The van der Waals surface area contributed by atoms with E-state index in [1.165, 1.54) is 22.3 Å². The van der Waals surface area contributed by atoms with Crippen LogP contribution in [0, 0.1) is 24.0 Å². The molecular formula is C26H34O2Y2-2. The summed E-state index contributed by atoms with van der Waals surface area (Å²) in [5.41, 5.74) is 5.13. The number of hydrogen-bond acceptors (Lipinski definition) is 2. The smallest absolute Gasteiger partial charge is 0.0743 e. The van der Waals surface area contributed by atoms with Crippen molar-refractivity contribution in [2.24, 2.45) is 11.8 Å². The van der Waals surface area contributed by atoms with Crippen LogP contribution < -0.4 is 4.74 Å². The van der Waals surface area contributed by atoms with E-state index in [1.54, 1.807) is 14.2 Å². The van der Waals surface area contributed by atoms with Crippen molar-refractivity contribution >= 4 is 5.57 Å². The Bertz CT molecular complexity index is 775. The third-order valence-corrected chi connectivity index (χ3v) is 5.32. The summed E-state index contributed by atoms with van der Waals surface area (Å²) < 4.78 is 11.4. The standard InChI is InChI=1S/C22H22O2.2C2H6.2Y/c1-23-19-13-11-15-7-3-5-9-17(15)21(19)22-18-10-6-4-8-16(18)12-14-20(22)24-2;2*1-2;;/h3-6,11-12,15,17H,7-10H2,1-2H3;2*1-2H3;;/q-2;;;;. The number of ether oxygens (including phenoxy) is 2. The maximum absolute atomic E-state index is 5.72. The zero-order valence-electron chi connectivity index (χ0n) is 19.4. The maximum Gasteiger partial charge on any atom is 0.0743 e. The largest absolute Gasteiger partial charge is 0.535 e. The normalized spacial score (nSPS) is 20.1. The Morgan fingerprint density at radius 1 is 0.867 bits per heavy atom. The van der Waals surface area contributed by atoms with E-state index in [9.17, 15) is 0 Å². The summed E-state index contributed by atoms with van der Waals surface area (Å²) in [6.45, 7) is 8.00. The van der Waals surface area contributed by atoms with Gasteiger partial charge in [-0.25, -0.2) is 6.08 Å². The van der Waals surface area contributed by atoms with Gasteiger partial charge in [0, 0.05) is 65.4 Å². The summed E-state index contributed by atoms with van der Waals surface area (Å²) in [6.07, 6.45) is 18.6. The fraction of sp³-hybridized carbons (Fsp3) is 0.462. The van der Waals surface area contributed by atoms with E-state index in [1.807, 2.05) is 27.7 Å². The summed E-state index contributed by atoms with van der Waals surface area (Å²) in [7, 11) is 3.47. The molecule has 4 heteroatoms. The van der Waals surface area contributed by atoms with Gasteiger partial charge in [-0.1, -0.05) is 70.1 Å². The molecule has 0 fully saturated rings. The Labute approximate surface area is 234 Å². The monoisotopic (exact) mass is 556 g/mol. The fourth-order valence-electron chi connectivity index (χ4n) is 4.13. The van der Waals surface area contributed by atoms with Gasteiger partial charge in [0.15, 0.2) is 0 Å². The zero-order chi connectivity index (χ0) is 20.5. The van der Waals surface area contributed by atoms with Gasteiger partial charge in [-0.3, -0.25) is 0 Å². The van der Waals surface area contributed by atoms with Crippen molar-refractivity contribution in [1.82, 2.24) is 0 Å². The molecule has 3 aliphatic rings. The molecule has 0 spiro atoms. The van der Waals surface area contributed by atoms with Crippen LogP contribution in [-0.4, -0.2) is 14.2 Å². The molecule has 2 unspecified atom stereocenters. The van der Waals surface area contributed by atoms with Crippen molar-refractivity contribution < 1.29 is 74.9 Å². The molecule has 2 nitrogen and oxygen atoms in total. The van der Waals surface area contributed by atoms with Gasteiger partial charge in [0.2, 0.25) is 0 Å². The summed E-state index contributed by atoms with van der Waals surface area (Å²) in [5, 5.41) is 0. The first kappa shape index (κ1) is 30.0. The Morgan fingerprint density at radius 2 is 1.53 bits per heavy atom. The molecule has 2 atom stereocenters. The van der Waals surface area contributed by atoms with Crippen molar-refractivity contribution in [3.05, 3.63) is 71.0 Å². The molecule has 1 aromatic rings. The summed E-state index contributed by atoms with van der Waals surface area (Å²) in [5.74, 6) is 2.58. The average molecular weight is 556 g/mol. The SMILES string of the molecule is CC.CC.COC1=C(c2c(OC)[c-]cc3c2CC=CC3)C2CC=CCC2C=[C-]1.[Y].[Y]. The van der Waals surface area contributed by atoms with Crippen LogP contribution >= 0.6 is 0 Å². The van der Waals surface area contributed by atoms with Crippen LogP contribution in [0.3, 0.4) is 0 Å². The molecule has 0 bridgehead atoms. The molecule has 158 valence electrons. The van der Waals surface area contributed by atoms with Crippen molar-refractivity contribution in [2.45, 2.75) is 53.4 Å². The number of benzene rings is 1. The van der Waals surface area contributed by atoms with Gasteiger partial charge < -0.3 is 9.47 Å². The number of allylic oxidation sites excluding steroid dienone is 7. The first-order valence-corrected chi connectivity index (χ1v) is 10.6. The summed E-state index contributed by atoms with van der Waals surface area (Å²) in [6, 6.07) is 5.43. The molecule has 0 heterocycles.